The highest BCUT2D eigenvalue weighted by atomic mass is 35.5. The normalized spacial score (nSPS) is 10.8. The van der Waals surface area contributed by atoms with Crippen LogP contribution in [-0.2, 0) is 0 Å². The summed E-state index contributed by atoms with van der Waals surface area (Å²) in [6.45, 7) is 0. The number of carbonyl (C=O) groups is 1. The summed E-state index contributed by atoms with van der Waals surface area (Å²) in [4.78, 5) is 14.8. The molecular formula is C12H3Cl6NO2. The molecule has 0 aliphatic carbocycles. The minimum Gasteiger partial charge on any atom is -0.478 e. The van der Waals surface area contributed by atoms with Gasteiger partial charge in [-0.15, -0.1) is 0 Å². The van der Waals surface area contributed by atoms with Crippen molar-refractivity contribution in [3.8, 4) is 11.1 Å². The Balaban J connectivity index is 2.85. The number of aromatic nitrogens is 1. The third-order valence-corrected chi connectivity index (χ3v) is 5.14. The molecule has 0 saturated heterocycles. The Bertz CT molecular complexity index is 733. The summed E-state index contributed by atoms with van der Waals surface area (Å²) < 4.78 is 0. The Labute approximate surface area is 149 Å². The van der Waals surface area contributed by atoms with Gasteiger partial charge in [-0.05, 0) is 6.07 Å². The number of nitrogens with zero attached hydrogens (tertiary/aromatic N) is 1. The van der Waals surface area contributed by atoms with Crippen LogP contribution >= 0.6 is 69.6 Å². The van der Waals surface area contributed by atoms with Crippen LogP contribution in [0.5, 0.6) is 0 Å². The number of pyridine rings is 1. The van der Waals surface area contributed by atoms with Gasteiger partial charge >= 0.3 is 5.97 Å². The first-order valence-electron chi connectivity index (χ1n) is 5.16. The SMILES string of the molecule is O=C(O)c1cnc(Cl)c(-c2c(Cl)c(Cl)c(Cl)c(Cl)c2Cl)c1. The van der Waals surface area contributed by atoms with Crippen molar-refractivity contribution in [1.82, 2.24) is 4.98 Å². The van der Waals surface area contributed by atoms with Crippen LogP contribution < -0.4 is 0 Å². The first-order chi connectivity index (χ1) is 9.75. The second kappa shape index (κ2) is 6.37. The minimum atomic E-state index is -1.18. The Hall–Kier alpha value is -0.420. The molecule has 0 spiro atoms. The molecule has 9 heteroatoms. The lowest BCUT2D eigenvalue weighted by Gasteiger charge is -2.13. The van der Waals surface area contributed by atoms with Crippen molar-refractivity contribution >= 4 is 75.6 Å². The highest BCUT2D eigenvalue weighted by Gasteiger charge is 2.23. The van der Waals surface area contributed by atoms with Crippen molar-refractivity contribution in [3.05, 3.63) is 48.1 Å². The molecule has 2 aromatic rings. The minimum absolute atomic E-state index is 0.00162. The van der Waals surface area contributed by atoms with E-state index in [1.807, 2.05) is 0 Å². The van der Waals surface area contributed by atoms with Gasteiger partial charge < -0.3 is 5.11 Å². The maximum Gasteiger partial charge on any atom is 0.337 e. The highest BCUT2D eigenvalue weighted by molar-refractivity contribution is 6.56. The van der Waals surface area contributed by atoms with Crippen molar-refractivity contribution in [3.63, 3.8) is 0 Å². The van der Waals surface area contributed by atoms with Gasteiger partial charge in [0.15, 0.2) is 0 Å². The monoisotopic (exact) mass is 403 g/mol. The molecule has 0 bridgehead atoms. The fourth-order valence-electron chi connectivity index (χ4n) is 1.58. The maximum absolute atomic E-state index is 11.0. The molecule has 0 aliphatic rings. The zero-order valence-electron chi connectivity index (χ0n) is 9.73. The molecule has 0 aliphatic heterocycles. The quantitative estimate of drug-likeness (QED) is 0.359. The van der Waals surface area contributed by atoms with Crippen molar-refractivity contribution < 1.29 is 9.90 Å². The van der Waals surface area contributed by atoms with Crippen molar-refractivity contribution in [2.45, 2.75) is 0 Å². The van der Waals surface area contributed by atoms with Gasteiger partial charge in [0, 0.05) is 17.3 Å². The van der Waals surface area contributed by atoms with Crippen LogP contribution in [-0.4, -0.2) is 16.1 Å². The van der Waals surface area contributed by atoms with Gasteiger partial charge in [0.05, 0.1) is 30.7 Å². The second-order valence-electron chi connectivity index (χ2n) is 3.81. The van der Waals surface area contributed by atoms with E-state index in [0.29, 0.717) is 0 Å². The van der Waals surface area contributed by atoms with E-state index in [1.165, 1.54) is 6.07 Å². The van der Waals surface area contributed by atoms with Gasteiger partial charge in [-0.2, -0.15) is 0 Å². The third-order valence-electron chi connectivity index (χ3n) is 2.57. The summed E-state index contributed by atoms with van der Waals surface area (Å²) in [7, 11) is 0. The molecule has 0 fully saturated rings. The van der Waals surface area contributed by atoms with Gasteiger partial charge in [0.25, 0.3) is 0 Å². The van der Waals surface area contributed by atoms with Crippen LogP contribution in [0.1, 0.15) is 10.4 Å². The zero-order chi connectivity index (χ0) is 15.9. The predicted octanol–water partition coefficient (Wildman–Crippen LogP) is 6.37. The summed E-state index contributed by atoms with van der Waals surface area (Å²) in [6, 6.07) is 1.27. The number of aromatic carboxylic acids is 1. The molecule has 0 atom stereocenters. The molecule has 110 valence electrons. The summed E-state index contributed by atoms with van der Waals surface area (Å²) in [5, 5.41) is 8.99. The highest BCUT2D eigenvalue weighted by Crippen LogP contribution is 2.49. The molecule has 1 aromatic carbocycles. The van der Waals surface area contributed by atoms with Crippen LogP contribution in [0.3, 0.4) is 0 Å². The average molecular weight is 406 g/mol. The standard InChI is InChI=1S/C12H3Cl6NO2/c13-6-5(7(14)9(16)10(17)8(6)15)4-1-3(12(20)21)2-19-11(4)18/h1-2H,(H,20,21). The number of hydrogen-bond acceptors (Lipinski definition) is 2. The summed E-state index contributed by atoms with van der Waals surface area (Å²) in [6.07, 6.45) is 1.11. The van der Waals surface area contributed by atoms with Crippen LogP contribution in [0, 0.1) is 0 Å². The number of rotatable bonds is 2. The molecule has 0 unspecified atom stereocenters. The molecule has 1 aromatic heterocycles. The van der Waals surface area contributed by atoms with Crippen LogP contribution in [0.2, 0.25) is 30.3 Å². The number of hydrogen-bond donors (Lipinski definition) is 1. The number of halogens is 6. The molecule has 1 N–H and O–H groups in total. The zero-order valence-corrected chi connectivity index (χ0v) is 14.3. The molecule has 1 heterocycles. The van der Waals surface area contributed by atoms with Crippen molar-refractivity contribution in [2.75, 3.05) is 0 Å². The van der Waals surface area contributed by atoms with Gasteiger partial charge in [0.1, 0.15) is 5.15 Å². The summed E-state index contributed by atoms with van der Waals surface area (Å²) in [5.41, 5.74) is 0.258. The van der Waals surface area contributed by atoms with Gasteiger partial charge in [0.2, 0.25) is 0 Å². The lowest BCUT2D eigenvalue weighted by Crippen LogP contribution is -1.99. The van der Waals surface area contributed by atoms with Crippen LogP contribution in [0.15, 0.2) is 12.3 Å². The van der Waals surface area contributed by atoms with E-state index in [9.17, 15) is 4.79 Å². The van der Waals surface area contributed by atoms with E-state index < -0.39 is 5.97 Å². The number of carboxylic acid groups (broad SMARTS) is 1. The first-order valence-corrected chi connectivity index (χ1v) is 7.43. The lowest BCUT2D eigenvalue weighted by atomic mass is 10.1. The van der Waals surface area contributed by atoms with E-state index in [1.54, 1.807) is 0 Å². The van der Waals surface area contributed by atoms with E-state index in [2.05, 4.69) is 4.98 Å². The largest absolute Gasteiger partial charge is 0.478 e. The smallest absolute Gasteiger partial charge is 0.337 e. The van der Waals surface area contributed by atoms with Crippen molar-refractivity contribution in [1.29, 1.82) is 0 Å². The van der Waals surface area contributed by atoms with Gasteiger partial charge in [-0.1, -0.05) is 69.6 Å². The van der Waals surface area contributed by atoms with Crippen LogP contribution in [0.25, 0.3) is 11.1 Å². The van der Waals surface area contributed by atoms with Gasteiger partial charge in [-0.3, -0.25) is 0 Å². The third kappa shape index (κ3) is 3.04. The fourth-order valence-corrected chi connectivity index (χ4v) is 3.12. The number of benzene rings is 1. The second-order valence-corrected chi connectivity index (χ2v) is 6.06. The summed E-state index contributed by atoms with van der Waals surface area (Å²) >= 11 is 36.1. The Morgan fingerprint density at radius 2 is 1.38 bits per heavy atom. The Morgan fingerprint density at radius 3 is 1.86 bits per heavy atom. The molecular weight excluding hydrogens is 403 g/mol. The van der Waals surface area contributed by atoms with E-state index in [0.717, 1.165) is 6.20 Å². The number of carboxylic acids is 1. The topological polar surface area (TPSA) is 50.2 Å². The average Bonchev–Trinajstić information content (AvgIpc) is 2.45. The van der Waals surface area contributed by atoms with Gasteiger partial charge in [-0.25, -0.2) is 9.78 Å². The predicted molar refractivity (Wildman–Crippen MR) is 86.7 cm³/mol. The molecule has 0 saturated carbocycles. The Kier molecular flexibility index (Phi) is 5.14. The van der Waals surface area contributed by atoms with E-state index >= 15 is 0 Å². The van der Waals surface area contributed by atoms with E-state index in [4.69, 9.17) is 74.7 Å². The Morgan fingerprint density at radius 1 is 0.905 bits per heavy atom. The van der Waals surface area contributed by atoms with E-state index in [-0.39, 0.29) is 47.0 Å². The molecule has 0 amide bonds. The molecule has 0 radical (unpaired) electrons. The lowest BCUT2D eigenvalue weighted by molar-refractivity contribution is 0.0696. The molecule has 2 rings (SSSR count). The molecule has 21 heavy (non-hydrogen) atoms. The molecule has 3 nitrogen and oxygen atoms in total. The van der Waals surface area contributed by atoms with Crippen LogP contribution in [0.4, 0.5) is 0 Å². The summed E-state index contributed by atoms with van der Waals surface area (Å²) in [5.74, 6) is -1.18. The fraction of sp³-hybridized carbons (Fsp3) is 0. The first kappa shape index (κ1) is 16.9. The maximum atomic E-state index is 11.0. The van der Waals surface area contributed by atoms with Crippen molar-refractivity contribution in [2.24, 2.45) is 0 Å².